The summed E-state index contributed by atoms with van der Waals surface area (Å²) in [5.74, 6) is -1.07. The summed E-state index contributed by atoms with van der Waals surface area (Å²) in [6.45, 7) is -2.05. The van der Waals surface area contributed by atoms with Gasteiger partial charge in [-0.2, -0.15) is 9.55 Å². The second-order valence-corrected chi connectivity index (χ2v) is 12.8. The third-order valence-electron chi connectivity index (χ3n) is 6.79. The van der Waals surface area contributed by atoms with Gasteiger partial charge >= 0.3 is 0 Å². The summed E-state index contributed by atoms with van der Waals surface area (Å²) >= 11 is 0. The number of H-pyrrole nitrogens is 1. The Morgan fingerprint density at radius 2 is 1.69 bits per heavy atom. The lowest BCUT2D eigenvalue weighted by Gasteiger charge is -2.31. The summed E-state index contributed by atoms with van der Waals surface area (Å²) in [6, 6.07) is 2.79. The number of nitrogen functional groups attached to an aromatic ring is 1. The zero-order valence-corrected chi connectivity index (χ0v) is 24.3. The van der Waals surface area contributed by atoms with Crippen LogP contribution in [0.25, 0.3) is 11.2 Å². The number of hydrogen-bond donors (Lipinski definition) is 7. The number of nitrogens with two attached hydrogens (primary N) is 2. The van der Waals surface area contributed by atoms with Crippen molar-refractivity contribution < 1.29 is 71.5 Å². The summed E-state index contributed by atoms with van der Waals surface area (Å²) in [5.41, 5.74) is 9.81. The first-order valence-corrected chi connectivity index (χ1v) is 15.7. The van der Waals surface area contributed by atoms with Gasteiger partial charge in [0.1, 0.15) is 36.1 Å². The number of ether oxygens (including phenoxy) is 2. The Balaban J connectivity index is 1.17. The van der Waals surface area contributed by atoms with Gasteiger partial charge < -0.3 is 60.2 Å². The number of nitrogens with zero attached hydrogens (tertiary/aromatic N) is 4. The van der Waals surface area contributed by atoms with E-state index < -0.39 is 89.4 Å². The molecule has 3 aromatic heterocycles. The molecule has 45 heavy (non-hydrogen) atoms. The second-order valence-electron chi connectivity index (χ2n) is 9.84. The van der Waals surface area contributed by atoms with Crippen LogP contribution in [0.1, 0.15) is 22.8 Å². The number of pyridine rings is 1. The predicted octanol–water partition coefficient (Wildman–Crippen LogP) is -4.99. The van der Waals surface area contributed by atoms with E-state index >= 15 is 0 Å². The molecule has 0 saturated carbocycles. The van der Waals surface area contributed by atoms with E-state index in [1.54, 1.807) is 0 Å². The molecule has 0 bridgehead atoms. The third kappa shape index (κ3) is 6.98. The lowest BCUT2D eigenvalue weighted by Crippen LogP contribution is -2.46. The summed E-state index contributed by atoms with van der Waals surface area (Å²) in [7, 11) is -11.4. The number of aliphatic hydroxyl groups excluding tert-OH is 4. The molecule has 0 aromatic carbocycles. The van der Waals surface area contributed by atoms with Gasteiger partial charge in [0.15, 0.2) is 35.9 Å². The molecule has 5 heterocycles. The molecule has 9 N–H and O–H groups in total. The smallest absolute Gasteiger partial charge is 0.292 e. The van der Waals surface area contributed by atoms with Crippen LogP contribution in [0.2, 0.25) is 0 Å². The number of primary amides is 1. The van der Waals surface area contributed by atoms with E-state index in [1.807, 2.05) is 0 Å². The average molecular weight is 678 g/mol. The van der Waals surface area contributed by atoms with E-state index in [-0.39, 0.29) is 22.7 Å². The summed E-state index contributed by atoms with van der Waals surface area (Å²) < 4.78 is 50.8. The van der Waals surface area contributed by atoms with Crippen LogP contribution in [0.4, 0.5) is 5.95 Å². The minimum absolute atomic E-state index is 0.0423. The van der Waals surface area contributed by atoms with Gasteiger partial charge in [-0.05, 0) is 6.07 Å². The van der Waals surface area contributed by atoms with E-state index in [4.69, 9.17) is 20.9 Å². The first-order chi connectivity index (χ1) is 21.1. The maximum absolute atomic E-state index is 12.3. The van der Waals surface area contributed by atoms with E-state index in [1.165, 1.54) is 29.1 Å². The molecule has 0 spiro atoms. The molecule has 24 heteroatoms. The molecule has 0 aliphatic carbocycles. The number of fused-ring (bicyclic) bond motifs is 1. The molecule has 2 saturated heterocycles. The molecular formula is C21H26N7O15P2-. The Hall–Kier alpha value is -3.21. The number of hydrogen-bond acceptors (Lipinski definition) is 18. The maximum atomic E-state index is 12.3. The highest BCUT2D eigenvalue weighted by Crippen LogP contribution is 2.56. The van der Waals surface area contributed by atoms with Gasteiger partial charge in [0.25, 0.3) is 33.3 Å². The first kappa shape index (κ1) is 33.2. The minimum Gasteiger partial charge on any atom is -0.756 e. The first-order valence-electron chi connectivity index (χ1n) is 12.8. The molecule has 2 unspecified atom stereocenters. The average Bonchev–Trinajstić information content (AvgIpc) is 3.60. The number of anilines is 1. The predicted molar refractivity (Wildman–Crippen MR) is 138 cm³/mol. The molecular weight excluding hydrogens is 652 g/mol. The number of amides is 1. The van der Waals surface area contributed by atoms with Gasteiger partial charge in [0.05, 0.1) is 19.5 Å². The molecule has 2 aliphatic heterocycles. The highest BCUT2D eigenvalue weighted by molar-refractivity contribution is 7.59. The Kier molecular flexibility index (Phi) is 9.23. The van der Waals surface area contributed by atoms with Gasteiger partial charge in [-0.3, -0.25) is 28.3 Å². The number of phosphoric ester groups is 2. The normalized spacial score (nSPS) is 31.2. The standard InChI is InChI=1S/C21H27N7O15P2/c22-16(33)8-2-1-3-27(4-8)19-14(31)12(29)9(41-19)5-39-44(35,36)43-45(37,38)40-6-10-13(30)15(32)20(42-10)28-7-24-11-17(28)25-21(23)26-18(11)34/h1-4,7,9-10,12-15,19-20,29-32H,5-6H2,(H6-,22,23,25,26,33,34,35,36,37,38)/p-1/t9-,10-,12-,13-,14-,15-,19-,20-/m1/s1. The molecule has 0 radical (unpaired) electrons. The van der Waals surface area contributed by atoms with Crippen LogP contribution >= 0.6 is 15.6 Å². The van der Waals surface area contributed by atoms with Crippen LogP contribution in [0, 0.1) is 0 Å². The zero-order valence-electron chi connectivity index (χ0n) is 22.5. The molecule has 5 rings (SSSR count). The fourth-order valence-electron chi connectivity index (χ4n) is 4.64. The number of rotatable bonds is 11. The zero-order chi connectivity index (χ0) is 32.8. The second kappa shape index (κ2) is 12.5. The molecule has 22 nitrogen and oxygen atoms in total. The number of carbonyl (C=O) groups is 1. The van der Waals surface area contributed by atoms with Crippen molar-refractivity contribution in [3.05, 3.63) is 46.8 Å². The lowest BCUT2D eigenvalue weighted by molar-refractivity contribution is -0.765. The SMILES string of the molecule is NC(=O)c1ccc[n+]([C@@H]2O[C@H](COP(=O)([O-])OP(=O)([O-])OC[C@H]3O[C@@H](n4cnc5c(=O)[nH]c(N)nc54)[C@H](O)[C@@H]3O)[C@@H](O)[C@H]2O)c1. The monoisotopic (exact) mass is 678 g/mol. The summed E-state index contributed by atoms with van der Waals surface area (Å²) in [4.78, 5) is 58.0. The molecule has 2 fully saturated rings. The van der Waals surface area contributed by atoms with Crippen LogP contribution in [-0.2, 0) is 32.0 Å². The van der Waals surface area contributed by atoms with Crippen molar-refractivity contribution in [2.75, 3.05) is 18.9 Å². The van der Waals surface area contributed by atoms with Crippen LogP contribution in [0.15, 0.2) is 35.6 Å². The molecule has 3 aromatic rings. The van der Waals surface area contributed by atoms with Crippen LogP contribution in [0.3, 0.4) is 0 Å². The van der Waals surface area contributed by atoms with Crippen LogP contribution < -0.4 is 31.4 Å². The number of aromatic amines is 1. The largest absolute Gasteiger partial charge is 0.756 e. The number of phosphoric acid groups is 2. The molecule has 246 valence electrons. The van der Waals surface area contributed by atoms with Crippen molar-refractivity contribution in [1.29, 1.82) is 0 Å². The fourth-order valence-corrected chi connectivity index (χ4v) is 6.65. The third-order valence-corrected chi connectivity index (χ3v) is 9.32. The van der Waals surface area contributed by atoms with E-state index in [0.717, 1.165) is 10.9 Å². The van der Waals surface area contributed by atoms with E-state index in [9.17, 15) is 48.9 Å². The van der Waals surface area contributed by atoms with Gasteiger partial charge in [0.2, 0.25) is 5.95 Å². The van der Waals surface area contributed by atoms with Gasteiger partial charge in [-0.15, -0.1) is 0 Å². The molecule has 2 aliphatic rings. The van der Waals surface area contributed by atoms with E-state index in [0.29, 0.717) is 0 Å². The number of aliphatic hydroxyl groups is 4. The highest BCUT2D eigenvalue weighted by Gasteiger charge is 2.49. The van der Waals surface area contributed by atoms with Crippen molar-refractivity contribution in [2.24, 2.45) is 5.73 Å². The number of aromatic nitrogens is 5. The van der Waals surface area contributed by atoms with Crippen LogP contribution in [-0.4, -0.2) is 95.7 Å². The molecule has 10 atom stereocenters. The number of nitrogens with one attached hydrogen (secondary N) is 1. The Morgan fingerprint density at radius 1 is 1.07 bits per heavy atom. The van der Waals surface area contributed by atoms with Crippen molar-refractivity contribution >= 4 is 38.7 Å². The van der Waals surface area contributed by atoms with E-state index in [2.05, 4.69) is 28.3 Å². The van der Waals surface area contributed by atoms with Gasteiger partial charge in [-0.25, -0.2) is 9.29 Å². The quantitative estimate of drug-likeness (QED) is 0.0737. The number of carbonyl (C=O) groups excluding carboxylic acids is 1. The topological polar surface area (TPSA) is 344 Å². The van der Waals surface area contributed by atoms with Crippen molar-refractivity contribution in [3.8, 4) is 0 Å². The lowest BCUT2D eigenvalue weighted by atomic mass is 10.1. The van der Waals surface area contributed by atoms with Gasteiger partial charge in [-0.1, -0.05) is 0 Å². The minimum atomic E-state index is -5.73. The van der Waals surface area contributed by atoms with Crippen molar-refractivity contribution in [3.63, 3.8) is 0 Å². The fraction of sp³-hybridized carbons (Fsp3) is 0.476. The van der Waals surface area contributed by atoms with Crippen molar-refractivity contribution in [2.45, 2.75) is 49.1 Å². The van der Waals surface area contributed by atoms with Crippen molar-refractivity contribution in [1.82, 2.24) is 19.5 Å². The molecule has 1 amide bonds. The summed E-state index contributed by atoms with van der Waals surface area (Å²) in [6.07, 6.45) is -8.99. The van der Waals surface area contributed by atoms with Crippen LogP contribution in [0.5, 0.6) is 0 Å². The van der Waals surface area contributed by atoms with Gasteiger partial charge in [0, 0.05) is 6.07 Å². The Morgan fingerprint density at radius 3 is 2.33 bits per heavy atom. The Labute approximate surface area is 250 Å². The Bertz CT molecular complexity index is 1740. The highest BCUT2D eigenvalue weighted by atomic mass is 31.3. The number of imidazole rings is 1. The maximum Gasteiger partial charge on any atom is 0.292 e. The summed E-state index contributed by atoms with van der Waals surface area (Å²) in [5, 5.41) is 41.5.